The Morgan fingerprint density at radius 3 is 1.02 bits per heavy atom. The zero-order valence-electron chi connectivity index (χ0n) is 44.2. The fourth-order valence-electron chi connectivity index (χ4n) is 8.38. The van der Waals surface area contributed by atoms with Crippen LogP contribution in [-0.4, -0.2) is 111 Å². The van der Waals surface area contributed by atoms with Gasteiger partial charge in [-0.2, -0.15) is 65.6 Å². The molecule has 4 saturated heterocycles. The molecule has 4 heterocycles. The van der Waals surface area contributed by atoms with E-state index in [4.69, 9.17) is 20.2 Å². The SMILES string of the molecule is C.CC#CC#CC#CC#CC#CC.O=S(=O)(Cl)c1ccc(C(F)(F)F)cc1.O=S(=O)(c1ccc(C(F)(F)F)cc1)N1CCC2(CC1)NCCO2.O=S(=O)(c1ccc(C(F)(F)F)cc1)N1CCC2(CC1)OCCN2S(=O)(=O)c1ccc(C(F)(F)F)cc1. The zero-order valence-corrected chi connectivity index (χ0v) is 48.2. The number of nitrogens with one attached hydrogen (secondary N) is 1. The first kappa shape index (κ1) is 72.2. The van der Waals surface area contributed by atoms with E-state index in [0.717, 1.165) is 75.8 Å². The van der Waals surface area contributed by atoms with Gasteiger partial charge in [-0.3, -0.25) is 5.32 Å². The van der Waals surface area contributed by atoms with Crippen LogP contribution in [0.5, 0.6) is 0 Å². The third-order valence-corrected chi connectivity index (χ3v) is 19.8. The molecule has 4 aromatic carbocycles. The summed E-state index contributed by atoms with van der Waals surface area (Å²) in [4.78, 5) is -1.18. The highest BCUT2D eigenvalue weighted by atomic mass is 35.7. The summed E-state index contributed by atoms with van der Waals surface area (Å²) in [5.41, 5.74) is -5.63. The van der Waals surface area contributed by atoms with Gasteiger partial charge in [0.15, 0.2) is 0 Å². The first-order valence-electron chi connectivity index (χ1n) is 24.5. The minimum absolute atomic E-state index is 0. The van der Waals surface area contributed by atoms with Gasteiger partial charge in [-0.25, -0.2) is 33.7 Å². The molecule has 14 nitrogen and oxygen atoms in total. The van der Waals surface area contributed by atoms with Crippen LogP contribution in [0, 0.1) is 59.2 Å². The Morgan fingerprint density at radius 2 is 0.733 bits per heavy atom. The van der Waals surface area contributed by atoms with Crippen molar-refractivity contribution >= 4 is 49.8 Å². The normalized spacial score (nSPS) is 17.1. The molecule has 0 aromatic heterocycles. The lowest BCUT2D eigenvalue weighted by Gasteiger charge is -2.42. The minimum atomic E-state index is -4.63. The number of alkyl halides is 12. The average molecular weight is 1320 g/mol. The van der Waals surface area contributed by atoms with Gasteiger partial charge in [0.25, 0.3) is 9.05 Å². The molecule has 0 aliphatic carbocycles. The van der Waals surface area contributed by atoms with Crippen molar-refractivity contribution in [2.24, 2.45) is 0 Å². The van der Waals surface area contributed by atoms with E-state index in [-0.39, 0.29) is 79.2 Å². The number of rotatable bonds is 7. The van der Waals surface area contributed by atoms with E-state index in [9.17, 15) is 86.4 Å². The van der Waals surface area contributed by atoms with E-state index in [1.807, 2.05) is 0 Å². The minimum Gasteiger partial charge on any atom is -0.359 e. The number of nitrogens with zero attached hydrogens (tertiary/aromatic N) is 3. The van der Waals surface area contributed by atoms with Crippen molar-refractivity contribution in [3.63, 3.8) is 0 Å². The molecule has 4 aliphatic heterocycles. The molecule has 0 radical (unpaired) electrons. The molecule has 0 bridgehead atoms. The number of sulfonamides is 3. The Kier molecular flexibility index (Phi) is 24.4. The predicted octanol–water partition coefficient (Wildman–Crippen LogP) is 10.0. The van der Waals surface area contributed by atoms with Gasteiger partial charge in [0.05, 0.1) is 55.0 Å². The molecule has 0 unspecified atom stereocenters. The second kappa shape index (κ2) is 29.1. The topological polar surface area (TPSA) is 177 Å². The average Bonchev–Trinajstić information content (AvgIpc) is 1.49. The second-order valence-corrected chi connectivity index (χ2v) is 26.3. The summed E-state index contributed by atoms with van der Waals surface area (Å²) in [6, 6.07) is 12.6. The van der Waals surface area contributed by atoms with Gasteiger partial charge in [-0.15, -0.1) is 0 Å². The molecule has 31 heteroatoms. The van der Waals surface area contributed by atoms with E-state index in [2.05, 4.69) is 64.5 Å². The van der Waals surface area contributed by atoms with E-state index in [1.165, 1.54) is 4.31 Å². The quantitative estimate of drug-likeness (QED) is 0.106. The molecule has 4 aromatic rings. The fraction of sp³-hybridized carbons (Fsp3) is 0.382. The van der Waals surface area contributed by atoms with Crippen LogP contribution in [0.25, 0.3) is 0 Å². The van der Waals surface area contributed by atoms with E-state index < -0.39 is 97.5 Å². The number of ether oxygens (including phenoxy) is 2. The Labute approximate surface area is 495 Å². The summed E-state index contributed by atoms with van der Waals surface area (Å²) in [5, 5.41) is 3.24. The molecule has 4 fully saturated rings. The molecule has 8 rings (SSSR count). The zero-order chi connectivity index (χ0) is 63.3. The van der Waals surface area contributed by atoms with Gasteiger partial charge in [-0.1, -0.05) is 19.3 Å². The van der Waals surface area contributed by atoms with Gasteiger partial charge in [0, 0.05) is 75.6 Å². The van der Waals surface area contributed by atoms with E-state index in [0.29, 0.717) is 55.8 Å². The van der Waals surface area contributed by atoms with Crippen LogP contribution in [0.1, 0.15) is 69.2 Å². The van der Waals surface area contributed by atoms with Crippen molar-refractivity contribution in [1.82, 2.24) is 18.2 Å². The fourth-order valence-corrected chi connectivity index (χ4v) is 13.8. The molecule has 86 heavy (non-hydrogen) atoms. The molecular weight excluding hydrogens is 1270 g/mol. The van der Waals surface area contributed by atoms with Crippen LogP contribution < -0.4 is 5.32 Å². The molecule has 2 spiro atoms. The predicted molar refractivity (Wildman–Crippen MR) is 291 cm³/mol. The highest BCUT2D eigenvalue weighted by molar-refractivity contribution is 8.13. The summed E-state index contributed by atoms with van der Waals surface area (Å²) in [5.74, 6) is 25.6. The maximum Gasteiger partial charge on any atom is 0.416 e. The Morgan fingerprint density at radius 1 is 0.430 bits per heavy atom. The molecule has 466 valence electrons. The number of hydrogen-bond donors (Lipinski definition) is 1. The van der Waals surface area contributed by atoms with Crippen molar-refractivity contribution in [2.45, 2.75) is 103 Å². The maximum atomic E-state index is 13.2. The lowest BCUT2D eigenvalue weighted by atomic mass is 10.0. The summed E-state index contributed by atoms with van der Waals surface area (Å²) in [7, 11) is -11.3. The van der Waals surface area contributed by atoms with Crippen molar-refractivity contribution in [3.8, 4) is 59.2 Å². The van der Waals surface area contributed by atoms with Crippen LogP contribution >= 0.6 is 10.7 Å². The van der Waals surface area contributed by atoms with Crippen molar-refractivity contribution < 1.29 is 95.8 Å². The number of halogens is 13. The second-order valence-electron chi connectivity index (χ2n) is 18.0. The molecule has 4 aliphatic rings. The summed E-state index contributed by atoms with van der Waals surface area (Å²) >= 11 is 0. The van der Waals surface area contributed by atoms with Gasteiger partial charge in [0.2, 0.25) is 30.1 Å². The summed E-state index contributed by atoms with van der Waals surface area (Å²) < 4.78 is 264. The van der Waals surface area contributed by atoms with Crippen molar-refractivity contribution in [1.29, 1.82) is 0 Å². The van der Waals surface area contributed by atoms with E-state index >= 15 is 0 Å². The molecule has 0 saturated carbocycles. The van der Waals surface area contributed by atoms with Gasteiger partial charge < -0.3 is 9.47 Å². The van der Waals surface area contributed by atoms with Crippen molar-refractivity contribution in [3.05, 3.63) is 119 Å². The molecule has 0 atom stereocenters. The first-order chi connectivity index (χ1) is 39.4. The molecular formula is C55H51ClF12N4O10S4. The number of hydrogen-bond acceptors (Lipinski definition) is 11. The smallest absolute Gasteiger partial charge is 0.359 e. The highest BCUT2D eigenvalue weighted by Crippen LogP contribution is 2.41. The van der Waals surface area contributed by atoms with Gasteiger partial charge in [0.1, 0.15) is 11.4 Å². The van der Waals surface area contributed by atoms with Crippen LogP contribution in [0.2, 0.25) is 0 Å². The lowest BCUT2D eigenvalue weighted by Crippen LogP contribution is -2.55. The highest BCUT2D eigenvalue weighted by Gasteiger charge is 2.52. The van der Waals surface area contributed by atoms with Gasteiger partial charge >= 0.3 is 24.7 Å². The largest absolute Gasteiger partial charge is 0.416 e. The van der Waals surface area contributed by atoms with Crippen LogP contribution in [0.3, 0.4) is 0 Å². The Bertz CT molecular complexity index is 3750. The number of piperidine rings is 2. The van der Waals surface area contributed by atoms with E-state index in [1.54, 1.807) is 13.8 Å². The monoisotopic (exact) mass is 1320 g/mol. The van der Waals surface area contributed by atoms with Gasteiger partial charge in [-0.05, 0) is 158 Å². The van der Waals surface area contributed by atoms with Crippen LogP contribution in [0.4, 0.5) is 52.7 Å². The third kappa shape index (κ3) is 19.1. The maximum absolute atomic E-state index is 13.2. The lowest BCUT2D eigenvalue weighted by molar-refractivity contribution is -0.138. The number of benzene rings is 4. The first-order valence-corrected chi connectivity index (χ1v) is 31.1. The Balaban J connectivity index is 0.000000271. The summed E-state index contributed by atoms with van der Waals surface area (Å²) in [6.07, 6.45) is -17.3. The molecule has 0 amide bonds. The summed E-state index contributed by atoms with van der Waals surface area (Å²) in [6.45, 7) is 4.91. The standard InChI is InChI=1S/C21H20F6N2O5S2.C14H17F3N2O3S.C12H6.C7H4ClF3O2S.CH4/c22-20(23,24)15-1-5-17(6-2-15)35(30,31)28-11-9-19(10-12-28)29(13-14-34-19)36(32,33)18-7-3-16(4-8-18)21(25,26)27;15-14(16,17)11-1-3-12(4-2-11)23(20,21)19-8-5-13(6-9-19)18-7-10-22-13;1-3-5-7-9-11-12-10-8-6-4-2;8-14(12,13)6-3-1-5(2-4-6)7(9,10)11;/h1-8H,9-14H2;1-4,18H,5-10H2;1-2H3;1-4H;1H4. The third-order valence-electron chi connectivity index (χ3n) is 12.6. The van der Waals surface area contributed by atoms with Crippen molar-refractivity contribution in [2.75, 3.05) is 52.5 Å². The van der Waals surface area contributed by atoms with Crippen LogP contribution in [-0.2, 0) is 73.3 Å². The van der Waals surface area contributed by atoms with Crippen LogP contribution in [0.15, 0.2) is 117 Å². The Hall–Kier alpha value is -6.31. The molecule has 1 N–H and O–H groups in total.